The van der Waals surface area contributed by atoms with Crippen LogP contribution < -0.4 is 0 Å². The molecule has 0 atom stereocenters. The van der Waals surface area contributed by atoms with Gasteiger partial charge in [-0.25, -0.2) is 18.7 Å². The van der Waals surface area contributed by atoms with Gasteiger partial charge in [-0.15, -0.1) is 0 Å². The molecule has 0 amide bonds. The van der Waals surface area contributed by atoms with Gasteiger partial charge in [-0.2, -0.15) is 0 Å². The normalized spacial score (nSPS) is 11.1. The Hall–Kier alpha value is -2.66. The van der Waals surface area contributed by atoms with Gasteiger partial charge in [0.1, 0.15) is 11.6 Å². The predicted octanol–water partition coefficient (Wildman–Crippen LogP) is 6.45. The number of rotatable bonds is 3. The molecule has 4 rings (SSSR count). The summed E-state index contributed by atoms with van der Waals surface area (Å²) in [5, 5.41) is 0.618. The van der Waals surface area contributed by atoms with E-state index in [4.69, 9.17) is 4.98 Å². The lowest BCUT2D eigenvalue weighted by Crippen LogP contribution is -1.97. The Morgan fingerprint density at radius 2 is 1.19 bits per heavy atom. The summed E-state index contributed by atoms with van der Waals surface area (Å²) in [6.07, 6.45) is 0. The second kappa shape index (κ2) is 7.16. The Morgan fingerprint density at radius 3 is 1.63 bits per heavy atom. The molecule has 0 aliphatic heterocycles. The van der Waals surface area contributed by atoms with E-state index in [2.05, 4.69) is 20.9 Å². The van der Waals surface area contributed by atoms with Crippen LogP contribution in [0.1, 0.15) is 11.4 Å². The van der Waals surface area contributed by atoms with Crippen LogP contribution in [0.2, 0.25) is 0 Å². The van der Waals surface area contributed by atoms with Crippen LogP contribution in [0.15, 0.2) is 60.7 Å². The van der Waals surface area contributed by atoms with Crippen molar-refractivity contribution in [2.75, 3.05) is 0 Å². The monoisotopic (exact) mass is 424 g/mol. The van der Waals surface area contributed by atoms with Gasteiger partial charge in [0, 0.05) is 5.33 Å². The van der Waals surface area contributed by atoms with Gasteiger partial charge in [-0.05, 0) is 65.6 Å². The highest BCUT2D eigenvalue weighted by atomic mass is 79.9. The van der Waals surface area contributed by atoms with Crippen molar-refractivity contribution >= 4 is 27.0 Å². The van der Waals surface area contributed by atoms with Crippen LogP contribution in [0, 0.1) is 18.6 Å². The van der Waals surface area contributed by atoms with E-state index >= 15 is 0 Å². The summed E-state index contributed by atoms with van der Waals surface area (Å²) < 4.78 is 26.8. The van der Waals surface area contributed by atoms with E-state index in [0.29, 0.717) is 5.33 Å². The molecule has 0 bridgehead atoms. The number of aryl methyl sites for hydroxylation is 1. The number of fused-ring (bicyclic) bond motifs is 1. The van der Waals surface area contributed by atoms with Crippen molar-refractivity contribution in [3.63, 3.8) is 0 Å². The third kappa shape index (κ3) is 3.47. The molecule has 0 radical (unpaired) electrons. The van der Waals surface area contributed by atoms with Crippen molar-refractivity contribution in [3.8, 4) is 22.3 Å². The summed E-state index contributed by atoms with van der Waals surface area (Å²) in [5.41, 5.74) is 6.79. The summed E-state index contributed by atoms with van der Waals surface area (Å²) in [6.45, 7) is 1.93. The van der Waals surface area contributed by atoms with Crippen molar-refractivity contribution < 1.29 is 8.78 Å². The van der Waals surface area contributed by atoms with Crippen molar-refractivity contribution in [2.45, 2.75) is 12.3 Å². The first-order valence-electron chi connectivity index (χ1n) is 8.44. The first-order valence-corrected chi connectivity index (χ1v) is 9.56. The molecule has 0 unspecified atom stereocenters. The number of halogens is 3. The molecule has 27 heavy (non-hydrogen) atoms. The quantitative estimate of drug-likeness (QED) is 0.353. The molecule has 0 fully saturated rings. The van der Waals surface area contributed by atoms with E-state index in [9.17, 15) is 8.78 Å². The standard InChI is InChI=1S/C22H15BrF2N2/c1-13-22(12-23)27-21-11-19(15-4-8-17(25)9-5-15)18(10-20(21)26-13)14-2-6-16(24)7-3-14/h2-11H,12H2,1H3. The summed E-state index contributed by atoms with van der Waals surface area (Å²) in [5.74, 6) is -0.583. The van der Waals surface area contributed by atoms with Crippen LogP contribution in [0.5, 0.6) is 0 Å². The fourth-order valence-corrected chi connectivity index (χ4v) is 3.62. The minimum absolute atomic E-state index is 0.291. The van der Waals surface area contributed by atoms with Gasteiger partial charge < -0.3 is 0 Å². The average Bonchev–Trinajstić information content (AvgIpc) is 2.68. The maximum Gasteiger partial charge on any atom is 0.123 e. The molecule has 4 aromatic rings. The first-order chi connectivity index (χ1) is 13.0. The molecule has 1 heterocycles. The van der Waals surface area contributed by atoms with Gasteiger partial charge in [-0.3, -0.25) is 0 Å². The average molecular weight is 425 g/mol. The molecule has 0 saturated heterocycles. The number of aromatic nitrogens is 2. The number of hydrogen-bond donors (Lipinski definition) is 0. The Kier molecular flexibility index (Phi) is 4.70. The molecule has 0 spiro atoms. The molecule has 1 aromatic heterocycles. The molecule has 5 heteroatoms. The predicted molar refractivity (Wildman–Crippen MR) is 108 cm³/mol. The lowest BCUT2D eigenvalue weighted by atomic mass is 9.93. The smallest absolute Gasteiger partial charge is 0.123 e. The minimum Gasteiger partial charge on any atom is -0.250 e. The lowest BCUT2D eigenvalue weighted by Gasteiger charge is -2.13. The van der Waals surface area contributed by atoms with Crippen molar-refractivity contribution in [1.29, 1.82) is 0 Å². The number of alkyl halides is 1. The molecule has 134 valence electrons. The first kappa shape index (κ1) is 17.7. The fraction of sp³-hybridized carbons (Fsp3) is 0.0909. The highest BCUT2D eigenvalue weighted by Gasteiger charge is 2.13. The lowest BCUT2D eigenvalue weighted by molar-refractivity contribution is 0.627. The van der Waals surface area contributed by atoms with Crippen LogP contribution in [0.25, 0.3) is 33.3 Å². The third-order valence-electron chi connectivity index (χ3n) is 4.51. The van der Waals surface area contributed by atoms with Gasteiger partial charge in [0.2, 0.25) is 0 Å². The summed E-state index contributed by atoms with van der Waals surface area (Å²) in [7, 11) is 0. The summed E-state index contributed by atoms with van der Waals surface area (Å²) in [4.78, 5) is 9.37. The number of nitrogens with zero attached hydrogens (tertiary/aromatic N) is 2. The van der Waals surface area contributed by atoms with Crippen molar-refractivity contribution in [3.05, 3.63) is 83.7 Å². The van der Waals surface area contributed by atoms with Crippen molar-refractivity contribution in [1.82, 2.24) is 9.97 Å². The van der Waals surface area contributed by atoms with Crippen LogP contribution in [0.4, 0.5) is 8.78 Å². The van der Waals surface area contributed by atoms with Gasteiger partial charge in [0.15, 0.2) is 0 Å². The number of benzene rings is 3. The van der Waals surface area contributed by atoms with E-state index in [0.717, 1.165) is 44.7 Å². The fourth-order valence-electron chi connectivity index (χ4n) is 3.09. The third-order valence-corrected chi connectivity index (χ3v) is 5.04. The van der Waals surface area contributed by atoms with Gasteiger partial charge in [-0.1, -0.05) is 40.2 Å². The molecular weight excluding hydrogens is 410 g/mol. The Labute approximate surface area is 164 Å². The zero-order valence-electron chi connectivity index (χ0n) is 14.5. The van der Waals surface area contributed by atoms with Crippen LogP contribution in [-0.2, 0) is 5.33 Å². The number of hydrogen-bond acceptors (Lipinski definition) is 2. The van der Waals surface area contributed by atoms with Crippen LogP contribution >= 0.6 is 15.9 Å². The minimum atomic E-state index is -0.292. The highest BCUT2D eigenvalue weighted by molar-refractivity contribution is 9.08. The Balaban J connectivity index is 2.01. The van der Waals surface area contributed by atoms with E-state index in [1.165, 1.54) is 24.3 Å². The second-order valence-corrected chi connectivity index (χ2v) is 6.85. The largest absolute Gasteiger partial charge is 0.250 e. The molecule has 0 saturated carbocycles. The van der Waals surface area contributed by atoms with Gasteiger partial charge >= 0.3 is 0 Å². The van der Waals surface area contributed by atoms with Crippen LogP contribution in [-0.4, -0.2) is 9.97 Å². The maximum absolute atomic E-state index is 13.4. The molecule has 0 N–H and O–H groups in total. The maximum atomic E-state index is 13.4. The SMILES string of the molecule is Cc1nc2cc(-c3ccc(F)cc3)c(-c3ccc(F)cc3)cc2nc1CBr. The highest BCUT2D eigenvalue weighted by Crippen LogP contribution is 2.35. The van der Waals surface area contributed by atoms with Crippen molar-refractivity contribution in [2.24, 2.45) is 0 Å². The van der Waals surface area contributed by atoms with E-state index in [-0.39, 0.29) is 11.6 Å². The second-order valence-electron chi connectivity index (χ2n) is 6.29. The zero-order chi connectivity index (χ0) is 19.0. The molecule has 3 aromatic carbocycles. The zero-order valence-corrected chi connectivity index (χ0v) is 16.1. The van der Waals surface area contributed by atoms with E-state index < -0.39 is 0 Å². The summed E-state index contributed by atoms with van der Waals surface area (Å²) >= 11 is 3.44. The molecule has 0 aliphatic carbocycles. The molecular formula is C22H15BrF2N2. The summed E-state index contributed by atoms with van der Waals surface area (Å²) in [6, 6.07) is 16.6. The molecule has 0 aliphatic rings. The Bertz CT molecular complexity index is 1120. The van der Waals surface area contributed by atoms with E-state index in [1.54, 1.807) is 24.3 Å². The van der Waals surface area contributed by atoms with Crippen LogP contribution in [0.3, 0.4) is 0 Å². The van der Waals surface area contributed by atoms with Gasteiger partial charge in [0.05, 0.1) is 22.4 Å². The Morgan fingerprint density at radius 1 is 0.741 bits per heavy atom. The molecule has 2 nitrogen and oxygen atoms in total. The van der Waals surface area contributed by atoms with E-state index in [1.807, 2.05) is 19.1 Å². The topological polar surface area (TPSA) is 25.8 Å². The van der Waals surface area contributed by atoms with Gasteiger partial charge in [0.25, 0.3) is 0 Å².